The Balaban J connectivity index is 1.64. The van der Waals surface area contributed by atoms with Gasteiger partial charge in [0, 0.05) is 5.69 Å². The fourth-order valence-electron chi connectivity index (χ4n) is 2.96. The van der Waals surface area contributed by atoms with E-state index in [1.165, 1.54) is 25.7 Å². The number of carbonyl (C=O) groups excluding carboxylic acids is 1. The summed E-state index contributed by atoms with van der Waals surface area (Å²) in [6.45, 7) is 3.38. The fraction of sp³-hybridized carbons (Fsp3) is 0.217. The molecule has 0 aliphatic carbocycles. The molecule has 9 heteroatoms. The zero-order valence-corrected chi connectivity index (χ0v) is 18.0. The molecule has 0 saturated carbocycles. The van der Waals surface area contributed by atoms with Crippen LogP contribution >= 0.6 is 0 Å². The quantitative estimate of drug-likeness (QED) is 0.382. The Kier molecular flexibility index (Phi) is 7.22. The van der Waals surface area contributed by atoms with Gasteiger partial charge in [-0.1, -0.05) is 36.4 Å². The van der Waals surface area contributed by atoms with Crippen LogP contribution in [0.2, 0.25) is 0 Å². The van der Waals surface area contributed by atoms with E-state index in [4.69, 9.17) is 14.0 Å². The van der Waals surface area contributed by atoms with Gasteiger partial charge in [0.15, 0.2) is 23.8 Å². The maximum Gasteiger partial charge on any atom is 0.338 e. The number of amides is 1. The zero-order chi connectivity index (χ0) is 23.1. The first-order valence-electron chi connectivity index (χ1n) is 9.89. The number of hydrogen-bond donors (Lipinski definition) is 1. The predicted molar refractivity (Wildman–Crippen MR) is 120 cm³/mol. The third-order valence-electron chi connectivity index (χ3n) is 4.66. The molecule has 0 bridgehead atoms. The molecule has 0 radical (unpaired) electrons. The van der Waals surface area contributed by atoms with Crippen molar-refractivity contribution >= 4 is 29.4 Å². The van der Waals surface area contributed by atoms with Gasteiger partial charge in [0.1, 0.15) is 0 Å². The van der Waals surface area contributed by atoms with E-state index in [9.17, 15) is 14.9 Å². The number of hydrogen-bond acceptors (Lipinski definition) is 7. The first-order chi connectivity index (χ1) is 15.4. The number of carbonyl (C=O) groups is 1. The Morgan fingerprint density at radius 1 is 1.19 bits per heavy atom. The van der Waals surface area contributed by atoms with Gasteiger partial charge >= 0.3 is 5.69 Å². The van der Waals surface area contributed by atoms with Crippen molar-refractivity contribution in [1.29, 1.82) is 0 Å². The van der Waals surface area contributed by atoms with E-state index in [1.807, 2.05) is 24.3 Å². The number of nitro groups is 1. The van der Waals surface area contributed by atoms with Gasteiger partial charge in [-0.15, -0.1) is 0 Å². The number of ether oxygens (including phenoxy) is 2. The topological polar surface area (TPSA) is 117 Å². The summed E-state index contributed by atoms with van der Waals surface area (Å²) in [5, 5.41) is 17.5. The molecule has 166 valence electrons. The molecule has 0 aliphatic heterocycles. The molecule has 0 aliphatic rings. The molecular weight excluding hydrogens is 414 g/mol. The second-order valence-corrected chi connectivity index (χ2v) is 6.87. The molecule has 0 fully saturated rings. The molecule has 1 aromatic heterocycles. The van der Waals surface area contributed by atoms with Crippen LogP contribution in [0.3, 0.4) is 0 Å². The summed E-state index contributed by atoms with van der Waals surface area (Å²) < 4.78 is 16.0. The first kappa shape index (κ1) is 22.5. The third kappa shape index (κ3) is 5.51. The van der Waals surface area contributed by atoms with Crippen molar-refractivity contribution in [3.05, 3.63) is 75.2 Å². The largest absolute Gasteiger partial charge is 0.493 e. The minimum Gasteiger partial charge on any atom is -0.493 e. The van der Waals surface area contributed by atoms with Gasteiger partial charge < -0.3 is 19.3 Å². The number of nitrogens with one attached hydrogen (secondary N) is 1. The molecule has 0 spiro atoms. The molecule has 32 heavy (non-hydrogen) atoms. The van der Waals surface area contributed by atoms with Gasteiger partial charge in [0.05, 0.1) is 12.0 Å². The standard InChI is InChI=1S/C23H23N3O6/c1-4-16-5-9-18(10-6-16)24-22(27)14-31-19-11-7-17(13-21(19)30-3)8-12-20-23(26(28)29)15(2)25-32-20/h5-13H,4,14H2,1-3H3,(H,24,27)/b12-8+. The molecule has 1 N–H and O–H groups in total. The Morgan fingerprint density at radius 2 is 1.94 bits per heavy atom. The Labute approximate surface area is 184 Å². The Bertz CT molecular complexity index is 1140. The summed E-state index contributed by atoms with van der Waals surface area (Å²) in [6.07, 6.45) is 4.02. The summed E-state index contributed by atoms with van der Waals surface area (Å²) in [5.74, 6) is 0.557. The van der Waals surface area contributed by atoms with E-state index in [-0.39, 0.29) is 29.7 Å². The number of aryl methyl sites for hydroxylation is 2. The summed E-state index contributed by atoms with van der Waals surface area (Å²) in [7, 11) is 1.48. The van der Waals surface area contributed by atoms with Crippen molar-refractivity contribution in [2.24, 2.45) is 0 Å². The highest BCUT2D eigenvalue weighted by Crippen LogP contribution is 2.30. The van der Waals surface area contributed by atoms with Crippen LogP contribution in [0.25, 0.3) is 12.2 Å². The SMILES string of the molecule is CCc1ccc(NC(=O)COc2ccc(/C=C/c3onc(C)c3[N+](=O)[O-])cc2OC)cc1. The number of rotatable bonds is 9. The minimum atomic E-state index is -0.535. The van der Waals surface area contributed by atoms with E-state index < -0.39 is 4.92 Å². The maximum absolute atomic E-state index is 12.2. The lowest BCUT2D eigenvalue weighted by atomic mass is 10.1. The first-order valence-corrected chi connectivity index (χ1v) is 9.89. The summed E-state index contributed by atoms with van der Waals surface area (Å²) in [6, 6.07) is 12.7. The highest BCUT2D eigenvalue weighted by molar-refractivity contribution is 5.91. The fourth-order valence-corrected chi connectivity index (χ4v) is 2.96. The van der Waals surface area contributed by atoms with Crippen LogP contribution in [-0.4, -0.2) is 29.7 Å². The minimum absolute atomic E-state index is 0.0513. The third-order valence-corrected chi connectivity index (χ3v) is 4.66. The van der Waals surface area contributed by atoms with Crippen molar-refractivity contribution < 1.29 is 23.7 Å². The average Bonchev–Trinajstić information content (AvgIpc) is 3.17. The lowest BCUT2D eigenvalue weighted by Crippen LogP contribution is -2.20. The second kappa shape index (κ2) is 10.3. The predicted octanol–water partition coefficient (Wildman–Crippen LogP) is 4.65. The lowest BCUT2D eigenvalue weighted by molar-refractivity contribution is -0.386. The van der Waals surface area contributed by atoms with Gasteiger partial charge in [0.25, 0.3) is 5.91 Å². The van der Waals surface area contributed by atoms with E-state index in [0.29, 0.717) is 22.7 Å². The zero-order valence-electron chi connectivity index (χ0n) is 18.0. The van der Waals surface area contributed by atoms with E-state index in [2.05, 4.69) is 17.4 Å². The van der Waals surface area contributed by atoms with Gasteiger partial charge in [0.2, 0.25) is 5.76 Å². The van der Waals surface area contributed by atoms with Crippen molar-refractivity contribution in [2.75, 3.05) is 19.0 Å². The van der Waals surface area contributed by atoms with Crippen LogP contribution in [0.4, 0.5) is 11.4 Å². The molecule has 0 atom stereocenters. The highest BCUT2D eigenvalue weighted by atomic mass is 16.6. The number of benzene rings is 2. The second-order valence-electron chi connectivity index (χ2n) is 6.87. The average molecular weight is 437 g/mol. The molecule has 2 aromatic carbocycles. The Morgan fingerprint density at radius 3 is 2.59 bits per heavy atom. The molecule has 0 saturated heterocycles. The molecular formula is C23H23N3O6. The van der Waals surface area contributed by atoms with Crippen molar-refractivity contribution in [2.45, 2.75) is 20.3 Å². The van der Waals surface area contributed by atoms with Crippen LogP contribution in [0.1, 0.15) is 29.5 Å². The van der Waals surface area contributed by atoms with E-state index in [1.54, 1.807) is 24.3 Å². The lowest BCUT2D eigenvalue weighted by Gasteiger charge is -2.11. The van der Waals surface area contributed by atoms with Crippen LogP contribution < -0.4 is 14.8 Å². The van der Waals surface area contributed by atoms with E-state index in [0.717, 1.165) is 6.42 Å². The highest BCUT2D eigenvalue weighted by Gasteiger charge is 2.22. The normalized spacial score (nSPS) is 10.8. The Hall–Kier alpha value is -4.14. The van der Waals surface area contributed by atoms with Crippen molar-refractivity contribution in [3.8, 4) is 11.5 Å². The van der Waals surface area contributed by atoms with Crippen molar-refractivity contribution in [1.82, 2.24) is 5.16 Å². The molecule has 3 aromatic rings. The summed E-state index contributed by atoms with van der Waals surface area (Å²) in [4.78, 5) is 22.8. The van der Waals surface area contributed by atoms with Gasteiger partial charge in [-0.2, -0.15) is 0 Å². The smallest absolute Gasteiger partial charge is 0.338 e. The maximum atomic E-state index is 12.2. The number of methoxy groups -OCH3 is 1. The number of nitrogens with zero attached hydrogens (tertiary/aromatic N) is 2. The molecule has 3 rings (SSSR count). The van der Waals surface area contributed by atoms with E-state index >= 15 is 0 Å². The van der Waals surface area contributed by atoms with Crippen LogP contribution in [-0.2, 0) is 11.2 Å². The van der Waals surface area contributed by atoms with Gasteiger partial charge in [-0.3, -0.25) is 14.9 Å². The van der Waals surface area contributed by atoms with Crippen molar-refractivity contribution in [3.63, 3.8) is 0 Å². The van der Waals surface area contributed by atoms with Crippen LogP contribution in [0.15, 0.2) is 47.0 Å². The molecule has 0 unspecified atom stereocenters. The van der Waals surface area contributed by atoms with Gasteiger partial charge in [-0.25, -0.2) is 0 Å². The summed E-state index contributed by atoms with van der Waals surface area (Å²) >= 11 is 0. The molecule has 1 amide bonds. The summed E-state index contributed by atoms with van der Waals surface area (Å²) in [5.41, 5.74) is 2.60. The molecule has 1 heterocycles. The number of anilines is 1. The monoisotopic (exact) mass is 437 g/mol. The molecule has 9 nitrogen and oxygen atoms in total. The number of aromatic nitrogens is 1. The van der Waals surface area contributed by atoms with Gasteiger partial charge in [-0.05, 0) is 54.8 Å². The van der Waals surface area contributed by atoms with Crippen LogP contribution in [0, 0.1) is 17.0 Å². The van der Waals surface area contributed by atoms with Crippen LogP contribution in [0.5, 0.6) is 11.5 Å².